The van der Waals surface area contributed by atoms with Crippen molar-refractivity contribution in [2.75, 3.05) is 26.2 Å². The molecule has 0 aromatic heterocycles. The van der Waals surface area contributed by atoms with Gasteiger partial charge in [-0.25, -0.2) is 13.1 Å². The minimum Gasteiger partial charge on any atom is -0.494 e. The number of terminal acetylenes is 1. The van der Waals surface area contributed by atoms with Crippen molar-refractivity contribution >= 4 is 21.8 Å². The predicted octanol–water partition coefficient (Wildman–Crippen LogP) is -0.381. The van der Waals surface area contributed by atoms with Crippen LogP contribution >= 0.6 is 0 Å². The van der Waals surface area contributed by atoms with Crippen molar-refractivity contribution in [2.45, 2.75) is 18.2 Å². The molecule has 1 aromatic rings. The third-order valence-electron chi connectivity index (χ3n) is 2.92. The summed E-state index contributed by atoms with van der Waals surface area (Å²) < 4.78 is 31.8. The van der Waals surface area contributed by atoms with Crippen LogP contribution in [-0.2, 0) is 19.6 Å². The van der Waals surface area contributed by atoms with Crippen LogP contribution in [0.25, 0.3) is 0 Å². The lowest BCUT2D eigenvalue weighted by Crippen LogP contribution is -2.38. The standard InChI is InChI=1S/C16H21N3O5S/c1-3-10-17-16(21)12-18-15(20)9-11-19-25(22,23)14-7-5-13(6-8-14)24-4-2/h1,5-8,19H,4,9-12H2,2H3,(H,17,21)(H,18,20). The normalized spacial score (nSPS) is 10.6. The molecule has 0 aliphatic carbocycles. The number of carbonyl (C=O) groups is 2. The Morgan fingerprint density at radius 1 is 1.16 bits per heavy atom. The largest absolute Gasteiger partial charge is 0.494 e. The van der Waals surface area contributed by atoms with E-state index in [0.717, 1.165) is 0 Å². The van der Waals surface area contributed by atoms with E-state index >= 15 is 0 Å². The van der Waals surface area contributed by atoms with Crippen LogP contribution in [0.4, 0.5) is 0 Å². The molecule has 8 nitrogen and oxygen atoms in total. The van der Waals surface area contributed by atoms with Crippen LogP contribution in [0.3, 0.4) is 0 Å². The fourth-order valence-electron chi connectivity index (χ4n) is 1.74. The van der Waals surface area contributed by atoms with Gasteiger partial charge < -0.3 is 15.4 Å². The molecular formula is C16H21N3O5S. The molecule has 0 fully saturated rings. The van der Waals surface area contributed by atoms with E-state index in [-0.39, 0.29) is 31.0 Å². The average molecular weight is 367 g/mol. The summed E-state index contributed by atoms with van der Waals surface area (Å²) in [5.74, 6) is 1.94. The third kappa shape index (κ3) is 7.69. The van der Waals surface area contributed by atoms with Gasteiger partial charge in [-0.05, 0) is 31.2 Å². The zero-order chi connectivity index (χ0) is 18.7. The van der Waals surface area contributed by atoms with E-state index in [1.54, 1.807) is 12.1 Å². The Morgan fingerprint density at radius 3 is 2.44 bits per heavy atom. The van der Waals surface area contributed by atoms with Crippen molar-refractivity contribution < 1.29 is 22.7 Å². The van der Waals surface area contributed by atoms with Crippen molar-refractivity contribution in [1.29, 1.82) is 0 Å². The van der Waals surface area contributed by atoms with E-state index in [4.69, 9.17) is 11.2 Å². The summed E-state index contributed by atoms with van der Waals surface area (Å²) >= 11 is 0. The molecule has 2 amide bonds. The molecular weight excluding hydrogens is 346 g/mol. The summed E-state index contributed by atoms with van der Waals surface area (Å²) in [4.78, 5) is 22.9. The molecule has 1 rings (SSSR count). The van der Waals surface area contributed by atoms with Gasteiger partial charge in [0, 0.05) is 13.0 Å². The molecule has 0 radical (unpaired) electrons. The maximum atomic E-state index is 12.1. The third-order valence-corrected chi connectivity index (χ3v) is 4.40. The van der Waals surface area contributed by atoms with E-state index in [1.165, 1.54) is 12.1 Å². The summed E-state index contributed by atoms with van der Waals surface area (Å²) in [7, 11) is -3.72. The van der Waals surface area contributed by atoms with Gasteiger partial charge in [-0.15, -0.1) is 6.42 Å². The topological polar surface area (TPSA) is 114 Å². The highest BCUT2D eigenvalue weighted by atomic mass is 32.2. The number of hydrogen-bond acceptors (Lipinski definition) is 5. The molecule has 136 valence electrons. The van der Waals surface area contributed by atoms with Gasteiger partial charge in [0.2, 0.25) is 21.8 Å². The first-order valence-electron chi connectivity index (χ1n) is 7.58. The number of nitrogens with one attached hydrogen (secondary N) is 3. The van der Waals surface area contributed by atoms with Crippen LogP contribution in [0.2, 0.25) is 0 Å². The number of hydrogen-bond donors (Lipinski definition) is 3. The Morgan fingerprint density at radius 2 is 1.84 bits per heavy atom. The minimum atomic E-state index is -3.72. The SMILES string of the molecule is C#CCNC(=O)CNC(=O)CCNS(=O)(=O)c1ccc(OCC)cc1. The lowest BCUT2D eigenvalue weighted by molar-refractivity contribution is -0.125. The monoisotopic (exact) mass is 367 g/mol. The summed E-state index contributed by atoms with van der Waals surface area (Å²) in [6, 6.07) is 5.95. The lowest BCUT2D eigenvalue weighted by Gasteiger charge is -2.08. The van der Waals surface area contributed by atoms with Crippen molar-refractivity contribution in [3.05, 3.63) is 24.3 Å². The zero-order valence-corrected chi connectivity index (χ0v) is 14.7. The number of benzene rings is 1. The number of sulfonamides is 1. The Labute approximate surface area is 147 Å². The maximum Gasteiger partial charge on any atom is 0.240 e. The second-order valence-corrected chi connectivity index (χ2v) is 6.58. The Balaban J connectivity index is 2.39. The van der Waals surface area contributed by atoms with Gasteiger partial charge >= 0.3 is 0 Å². The molecule has 0 unspecified atom stereocenters. The van der Waals surface area contributed by atoms with Crippen LogP contribution < -0.4 is 20.1 Å². The molecule has 0 saturated heterocycles. The highest BCUT2D eigenvalue weighted by Crippen LogP contribution is 2.15. The quantitative estimate of drug-likeness (QED) is 0.488. The van der Waals surface area contributed by atoms with E-state index < -0.39 is 21.8 Å². The molecule has 9 heteroatoms. The van der Waals surface area contributed by atoms with Gasteiger partial charge in [0.05, 0.1) is 24.6 Å². The lowest BCUT2D eigenvalue weighted by atomic mass is 10.3. The number of ether oxygens (including phenoxy) is 1. The molecule has 0 aliphatic rings. The first-order chi connectivity index (χ1) is 11.9. The second kappa shape index (κ2) is 10.3. The second-order valence-electron chi connectivity index (χ2n) is 4.81. The number of rotatable bonds is 10. The molecule has 0 atom stereocenters. The van der Waals surface area contributed by atoms with Crippen LogP contribution in [0, 0.1) is 12.3 Å². The van der Waals surface area contributed by atoms with Crippen LogP contribution in [0.15, 0.2) is 29.2 Å². The van der Waals surface area contributed by atoms with Crippen molar-refractivity contribution in [1.82, 2.24) is 15.4 Å². The zero-order valence-electron chi connectivity index (χ0n) is 13.9. The first-order valence-corrected chi connectivity index (χ1v) is 9.06. The van der Waals surface area contributed by atoms with Gasteiger partial charge in [-0.3, -0.25) is 9.59 Å². The summed E-state index contributed by atoms with van der Waals surface area (Å²) in [6.45, 7) is 2.09. The number of carbonyl (C=O) groups excluding carboxylic acids is 2. The van der Waals surface area contributed by atoms with Crippen molar-refractivity contribution in [3.8, 4) is 18.1 Å². The van der Waals surface area contributed by atoms with Gasteiger partial charge in [-0.1, -0.05) is 5.92 Å². The molecule has 0 spiro atoms. The van der Waals surface area contributed by atoms with E-state index in [9.17, 15) is 18.0 Å². The maximum absolute atomic E-state index is 12.1. The molecule has 0 bridgehead atoms. The van der Waals surface area contributed by atoms with E-state index in [1.807, 2.05) is 6.92 Å². The molecule has 0 heterocycles. The van der Waals surface area contributed by atoms with Gasteiger partial charge in [-0.2, -0.15) is 0 Å². The first kappa shape index (κ1) is 20.5. The fourth-order valence-corrected chi connectivity index (χ4v) is 2.78. The smallest absolute Gasteiger partial charge is 0.240 e. The molecule has 1 aromatic carbocycles. The van der Waals surface area contributed by atoms with Gasteiger partial charge in [0.15, 0.2) is 0 Å². The number of amides is 2. The highest BCUT2D eigenvalue weighted by Gasteiger charge is 2.14. The molecule has 0 aliphatic heterocycles. The van der Waals surface area contributed by atoms with Crippen molar-refractivity contribution in [2.24, 2.45) is 0 Å². The molecule has 0 saturated carbocycles. The predicted molar refractivity (Wildman–Crippen MR) is 92.3 cm³/mol. The van der Waals surface area contributed by atoms with Crippen LogP contribution in [-0.4, -0.2) is 46.5 Å². The van der Waals surface area contributed by atoms with Crippen LogP contribution in [0.5, 0.6) is 5.75 Å². The summed E-state index contributed by atoms with van der Waals surface area (Å²) in [5.41, 5.74) is 0. The Hall–Kier alpha value is -2.57. The van der Waals surface area contributed by atoms with Gasteiger partial charge in [0.1, 0.15) is 5.75 Å². The average Bonchev–Trinajstić information content (AvgIpc) is 2.58. The highest BCUT2D eigenvalue weighted by molar-refractivity contribution is 7.89. The summed E-state index contributed by atoms with van der Waals surface area (Å²) in [6.07, 6.45) is 4.89. The Kier molecular flexibility index (Phi) is 8.46. The molecule has 3 N–H and O–H groups in total. The van der Waals surface area contributed by atoms with E-state index in [0.29, 0.717) is 12.4 Å². The van der Waals surface area contributed by atoms with E-state index in [2.05, 4.69) is 21.3 Å². The minimum absolute atomic E-state index is 0.0741. The summed E-state index contributed by atoms with van der Waals surface area (Å²) in [5, 5.41) is 4.76. The Bertz CT molecular complexity index is 723. The van der Waals surface area contributed by atoms with Crippen LogP contribution in [0.1, 0.15) is 13.3 Å². The van der Waals surface area contributed by atoms with Gasteiger partial charge in [0.25, 0.3) is 0 Å². The molecule has 25 heavy (non-hydrogen) atoms. The van der Waals surface area contributed by atoms with Crippen molar-refractivity contribution in [3.63, 3.8) is 0 Å². The fraction of sp³-hybridized carbons (Fsp3) is 0.375.